The first kappa shape index (κ1) is 26.8. The molecular weight excluding hydrogens is 486 g/mol. The Kier molecular flexibility index (Phi) is 8.33. The van der Waals surface area contributed by atoms with Crippen LogP contribution in [0.15, 0.2) is 72.3 Å². The lowest BCUT2D eigenvalue weighted by molar-refractivity contribution is -0.140. The average Bonchev–Trinajstić information content (AvgIpc) is 3.19. The minimum Gasteiger partial charge on any atom is -0.507 e. The number of benzene rings is 3. The molecule has 4 rings (SSSR count). The van der Waals surface area contributed by atoms with Crippen LogP contribution in [-0.4, -0.2) is 56.2 Å². The molecule has 0 unspecified atom stereocenters. The van der Waals surface area contributed by atoms with E-state index in [0.717, 1.165) is 11.1 Å². The number of ketones is 1. The number of carbonyl (C=O) groups excluding carboxylic acids is 2. The van der Waals surface area contributed by atoms with Crippen molar-refractivity contribution >= 4 is 17.4 Å². The number of amides is 1. The summed E-state index contributed by atoms with van der Waals surface area (Å²) in [5.74, 6) is -0.184. The van der Waals surface area contributed by atoms with Gasteiger partial charge in [0.1, 0.15) is 18.1 Å². The lowest BCUT2D eigenvalue weighted by atomic mass is 9.95. The molecule has 1 heterocycles. The minimum absolute atomic E-state index is 0.00764. The Bertz CT molecular complexity index is 1350. The van der Waals surface area contributed by atoms with Crippen molar-refractivity contribution in [3.8, 4) is 17.2 Å². The lowest BCUT2D eigenvalue weighted by Crippen LogP contribution is -2.32. The van der Waals surface area contributed by atoms with Crippen molar-refractivity contribution in [2.75, 3.05) is 34.5 Å². The Morgan fingerprint density at radius 3 is 2.32 bits per heavy atom. The summed E-state index contributed by atoms with van der Waals surface area (Å²) in [4.78, 5) is 27.6. The Hall–Kier alpha value is -4.30. The number of hydrogen-bond donors (Lipinski definition) is 1. The number of rotatable bonds is 10. The summed E-state index contributed by atoms with van der Waals surface area (Å²) < 4.78 is 21.8. The third kappa shape index (κ3) is 5.50. The van der Waals surface area contributed by atoms with Gasteiger partial charge in [0.2, 0.25) is 0 Å². The first-order valence-corrected chi connectivity index (χ1v) is 12.2. The van der Waals surface area contributed by atoms with E-state index in [1.807, 2.05) is 25.1 Å². The standard InChI is InChI=1S/C30H31NO7/c1-19-6-5-7-20(16-19)18-38-23-11-8-21(9-12-23)28(32)26-27(31(14-15-35-2)30(34)29(26)33)22-10-13-24(36-3)25(17-22)37-4/h5-13,16-17,27,32H,14-15,18H2,1-4H3/t27-/m0/s1. The fraction of sp³-hybridized carbons (Fsp3) is 0.267. The molecule has 0 bridgehead atoms. The molecule has 0 radical (unpaired) electrons. The number of ether oxygens (including phenoxy) is 4. The molecule has 1 saturated heterocycles. The maximum atomic E-state index is 13.2. The van der Waals surface area contributed by atoms with Crippen molar-refractivity contribution in [3.05, 3.63) is 94.6 Å². The first-order valence-electron chi connectivity index (χ1n) is 12.2. The van der Waals surface area contributed by atoms with Gasteiger partial charge in [-0.1, -0.05) is 35.9 Å². The van der Waals surface area contributed by atoms with Crippen LogP contribution in [0, 0.1) is 6.92 Å². The molecule has 0 spiro atoms. The summed E-state index contributed by atoms with van der Waals surface area (Å²) in [6, 6.07) is 19.1. The molecular formula is C30H31NO7. The van der Waals surface area contributed by atoms with E-state index in [4.69, 9.17) is 18.9 Å². The predicted molar refractivity (Wildman–Crippen MR) is 142 cm³/mol. The predicted octanol–water partition coefficient (Wildman–Crippen LogP) is 4.66. The van der Waals surface area contributed by atoms with Crippen molar-refractivity contribution in [1.82, 2.24) is 4.90 Å². The number of likely N-dealkylation sites (tertiary alicyclic amines) is 1. The molecule has 3 aromatic rings. The number of Topliss-reactive ketones (excluding diaryl/α,β-unsaturated/α-hetero) is 1. The molecule has 8 heteroatoms. The number of aryl methyl sites for hydroxylation is 1. The Labute approximate surface area is 222 Å². The van der Waals surface area contributed by atoms with Crippen molar-refractivity contribution in [3.63, 3.8) is 0 Å². The zero-order valence-electron chi connectivity index (χ0n) is 21.9. The molecule has 8 nitrogen and oxygen atoms in total. The fourth-order valence-corrected chi connectivity index (χ4v) is 4.50. The molecule has 1 aliphatic rings. The molecule has 0 aliphatic carbocycles. The highest BCUT2D eigenvalue weighted by Crippen LogP contribution is 2.42. The zero-order valence-corrected chi connectivity index (χ0v) is 21.9. The van der Waals surface area contributed by atoms with Crippen LogP contribution in [0.4, 0.5) is 0 Å². The monoisotopic (exact) mass is 517 g/mol. The molecule has 1 fully saturated rings. The highest BCUT2D eigenvalue weighted by atomic mass is 16.5. The summed E-state index contributed by atoms with van der Waals surface area (Å²) >= 11 is 0. The second kappa shape index (κ2) is 11.8. The smallest absolute Gasteiger partial charge is 0.295 e. The average molecular weight is 518 g/mol. The maximum absolute atomic E-state index is 13.2. The molecule has 38 heavy (non-hydrogen) atoms. The van der Waals surface area contributed by atoms with Crippen molar-refractivity contribution < 1.29 is 33.6 Å². The van der Waals surface area contributed by atoms with Crippen molar-refractivity contribution in [1.29, 1.82) is 0 Å². The summed E-state index contributed by atoms with van der Waals surface area (Å²) in [6.45, 7) is 2.82. The Morgan fingerprint density at radius 2 is 1.66 bits per heavy atom. The van der Waals surface area contributed by atoms with E-state index >= 15 is 0 Å². The van der Waals surface area contributed by atoms with Gasteiger partial charge in [0.25, 0.3) is 11.7 Å². The van der Waals surface area contributed by atoms with Crippen molar-refractivity contribution in [2.45, 2.75) is 19.6 Å². The van der Waals surface area contributed by atoms with Gasteiger partial charge >= 0.3 is 0 Å². The third-order valence-electron chi connectivity index (χ3n) is 6.42. The van der Waals surface area contributed by atoms with Gasteiger partial charge in [0.05, 0.1) is 32.4 Å². The number of methoxy groups -OCH3 is 3. The topological polar surface area (TPSA) is 94.5 Å². The fourth-order valence-electron chi connectivity index (χ4n) is 4.50. The van der Waals surface area contributed by atoms with Crippen LogP contribution >= 0.6 is 0 Å². The molecule has 198 valence electrons. The summed E-state index contributed by atoms with van der Waals surface area (Å²) in [7, 11) is 4.55. The number of hydrogen-bond acceptors (Lipinski definition) is 7. The van der Waals surface area contributed by atoms with Gasteiger partial charge in [-0.25, -0.2) is 0 Å². The maximum Gasteiger partial charge on any atom is 0.295 e. The minimum atomic E-state index is -0.831. The SMILES string of the molecule is COCCN1C(=O)C(=O)C(=C(O)c2ccc(OCc3cccc(C)c3)cc2)[C@@H]1c1ccc(OC)c(OC)c1. The van der Waals surface area contributed by atoms with Crippen LogP contribution in [0.2, 0.25) is 0 Å². The lowest BCUT2D eigenvalue weighted by Gasteiger charge is -2.25. The number of aliphatic hydroxyl groups excluding tert-OH is 1. The number of nitrogens with zero attached hydrogens (tertiary/aromatic N) is 1. The van der Waals surface area contributed by atoms with Gasteiger partial charge in [0.15, 0.2) is 11.5 Å². The largest absolute Gasteiger partial charge is 0.507 e. The quantitative estimate of drug-likeness (QED) is 0.237. The highest BCUT2D eigenvalue weighted by Gasteiger charge is 2.46. The van der Waals surface area contributed by atoms with E-state index in [0.29, 0.717) is 35.0 Å². The second-order valence-corrected chi connectivity index (χ2v) is 8.90. The third-order valence-corrected chi connectivity index (χ3v) is 6.42. The van der Waals surface area contributed by atoms with Crippen molar-refractivity contribution in [2.24, 2.45) is 0 Å². The molecule has 0 aromatic heterocycles. The van der Waals surface area contributed by atoms with Gasteiger partial charge in [-0.3, -0.25) is 9.59 Å². The summed E-state index contributed by atoms with van der Waals surface area (Å²) in [6.07, 6.45) is 0. The van der Waals surface area contributed by atoms with E-state index in [2.05, 4.69) is 6.07 Å². The summed E-state index contributed by atoms with van der Waals surface area (Å²) in [5.41, 5.74) is 3.17. The van der Waals surface area contributed by atoms with Gasteiger partial charge in [-0.15, -0.1) is 0 Å². The van der Waals surface area contributed by atoms with E-state index in [9.17, 15) is 14.7 Å². The second-order valence-electron chi connectivity index (χ2n) is 8.90. The van der Waals surface area contributed by atoms with Crippen LogP contribution in [0.5, 0.6) is 17.2 Å². The van der Waals surface area contributed by atoms with Crippen LogP contribution < -0.4 is 14.2 Å². The van der Waals surface area contributed by atoms with E-state index in [1.165, 1.54) is 26.2 Å². The van der Waals surface area contributed by atoms with Gasteiger partial charge in [-0.2, -0.15) is 0 Å². The molecule has 1 amide bonds. The molecule has 0 saturated carbocycles. The molecule has 1 atom stereocenters. The van der Waals surface area contributed by atoms with E-state index in [1.54, 1.807) is 42.5 Å². The normalized spacial score (nSPS) is 16.5. The van der Waals surface area contributed by atoms with Gasteiger partial charge < -0.3 is 29.0 Å². The van der Waals surface area contributed by atoms with E-state index < -0.39 is 17.7 Å². The van der Waals surface area contributed by atoms with Crippen LogP contribution in [0.1, 0.15) is 28.3 Å². The summed E-state index contributed by atoms with van der Waals surface area (Å²) in [5, 5.41) is 11.3. The van der Waals surface area contributed by atoms with Crippen LogP contribution in [-0.2, 0) is 20.9 Å². The van der Waals surface area contributed by atoms with Gasteiger partial charge in [0, 0.05) is 19.2 Å². The molecule has 3 aromatic carbocycles. The highest BCUT2D eigenvalue weighted by molar-refractivity contribution is 6.46. The Balaban J connectivity index is 1.68. The van der Waals surface area contributed by atoms with E-state index in [-0.39, 0.29) is 24.5 Å². The first-order chi connectivity index (χ1) is 18.4. The van der Waals surface area contributed by atoms with Gasteiger partial charge in [-0.05, 0) is 54.4 Å². The number of carbonyl (C=O) groups is 2. The van der Waals surface area contributed by atoms with Crippen LogP contribution in [0.3, 0.4) is 0 Å². The van der Waals surface area contributed by atoms with Crippen LogP contribution in [0.25, 0.3) is 5.76 Å². The molecule has 1 aliphatic heterocycles. The Morgan fingerprint density at radius 1 is 0.921 bits per heavy atom. The number of aliphatic hydroxyl groups is 1. The zero-order chi connectivity index (χ0) is 27.2. The molecule has 1 N–H and O–H groups in total.